The first-order valence-corrected chi connectivity index (χ1v) is 6.95. The maximum Gasteiger partial charge on any atom is 0.373 e. The van der Waals surface area contributed by atoms with E-state index in [1.807, 2.05) is 0 Å². The number of sulfone groups is 1. The van der Waals surface area contributed by atoms with Crippen molar-refractivity contribution in [3.05, 3.63) is 0 Å². The van der Waals surface area contributed by atoms with Gasteiger partial charge in [-0.15, -0.1) is 0 Å². The number of ketones is 1. The molecule has 2 fully saturated rings. The Kier molecular flexibility index (Phi) is 3.86. The molecule has 0 radical (unpaired) electrons. The van der Waals surface area contributed by atoms with Gasteiger partial charge >= 0.3 is 6.15 Å². The van der Waals surface area contributed by atoms with Crippen LogP contribution in [0.5, 0.6) is 0 Å². The average Bonchev–Trinajstić information content (AvgIpc) is 2.70. The van der Waals surface area contributed by atoms with E-state index in [1.165, 1.54) is 6.92 Å². The van der Waals surface area contributed by atoms with E-state index in [9.17, 15) is 18.3 Å². The Balaban J connectivity index is 0.000000437. The number of fused-ring (bicyclic) bond motifs is 1. The van der Waals surface area contributed by atoms with Gasteiger partial charge in [-0.3, -0.25) is 4.79 Å². The summed E-state index contributed by atoms with van der Waals surface area (Å²) in [5, 5.41) is 9.58. The lowest BCUT2D eigenvalue weighted by Crippen LogP contribution is -2.42. The number of aliphatic hydroxyl groups is 1. The van der Waals surface area contributed by atoms with Crippen LogP contribution in [0.2, 0.25) is 0 Å². The first kappa shape index (κ1) is 14.0. The predicted molar refractivity (Wildman–Crippen MR) is 55.6 cm³/mol. The van der Waals surface area contributed by atoms with Crippen LogP contribution < -0.4 is 0 Å². The third-order valence-corrected chi connectivity index (χ3v) is 5.95. The second kappa shape index (κ2) is 4.68. The van der Waals surface area contributed by atoms with Crippen molar-refractivity contribution in [3.63, 3.8) is 0 Å². The van der Waals surface area contributed by atoms with Gasteiger partial charge in [-0.2, -0.15) is 9.59 Å². The van der Waals surface area contributed by atoms with Gasteiger partial charge in [-0.1, -0.05) is 0 Å². The fraction of sp³-hybridized carbons (Fsp3) is 0.800. The van der Waals surface area contributed by atoms with Gasteiger partial charge in [0.15, 0.2) is 15.6 Å². The minimum atomic E-state index is -3.04. The largest absolute Gasteiger partial charge is 0.382 e. The normalized spacial score (nSPS) is 37.5. The summed E-state index contributed by atoms with van der Waals surface area (Å²) in [7, 11) is -3.04. The lowest BCUT2D eigenvalue weighted by atomic mass is 9.86. The lowest BCUT2D eigenvalue weighted by Gasteiger charge is -2.25. The van der Waals surface area contributed by atoms with Gasteiger partial charge in [-0.25, -0.2) is 8.42 Å². The summed E-state index contributed by atoms with van der Waals surface area (Å²) in [6.07, 6.45) is 1.42. The zero-order valence-corrected chi connectivity index (χ0v) is 10.2. The van der Waals surface area contributed by atoms with E-state index in [2.05, 4.69) is 0 Å². The summed E-state index contributed by atoms with van der Waals surface area (Å²) in [6, 6.07) is 0. The second-order valence-electron chi connectivity index (χ2n) is 4.40. The standard InChI is InChI=1S/C9H14O4S.CO2/c1-6(10)9(11)4-2-8-7(9)3-5-14(8,12)13;2-1-3/h7-8,11H,2-5H2,1H3;/t7-,8-,9-;/m0./s1. The van der Waals surface area contributed by atoms with Gasteiger partial charge < -0.3 is 5.11 Å². The van der Waals surface area contributed by atoms with Crippen LogP contribution in [-0.4, -0.2) is 42.1 Å². The van der Waals surface area contributed by atoms with Crippen LogP contribution in [0, 0.1) is 5.92 Å². The molecule has 1 N–H and O–H groups in total. The summed E-state index contributed by atoms with van der Waals surface area (Å²) < 4.78 is 23.1. The molecule has 17 heavy (non-hydrogen) atoms. The molecule has 1 heterocycles. The number of hydrogen-bond donors (Lipinski definition) is 1. The summed E-state index contributed by atoms with van der Waals surface area (Å²) in [6.45, 7) is 1.34. The molecule has 2 rings (SSSR count). The number of Topliss-reactive ketones (excluding diaryl/α,β-unsaturated/α-hetero) is 1. The molecule has 1 aliphatic heterocycles. The molecule has 3 atom stereocenters. The maximum atomic E-state index is 11.5. The predicted octanol–water partition coefficient (Wildman–Crippen LogP) is -0.680. The van der Waals surface area contributed by atoms with Gasteiger partial charge in [0, 0.05) is 5.92 Å². The van der Waals surface area contributed by atoms with E-state index in [-0.39, 0.29) is 23.6 Å². The van der Waals surface area contributed by atoms with Crippen LogP contribution in [0.15, 0.2) is 0 Å². The molecule has 0 amide bonds. The Bertz CT molecular complexity index is 447. The minimum Gasteiger partial charge on any atom is -0.382 e. The summed E-state index contributed by atoms with van der Waals surface area (Å²) >= 11 is 0. The van der Waals surface area contributed by atoms with Crippen LogP contribution in [0.25, 0.3) is 0 Å². The van der Waals surface area contributed by atoms with E-state index in [0.717, 1.165) is 0 Å². The molecule has 0 aromatic carbocycles. The van der Waals surface area contributed by atoms with E-state index in [1.54, 1.807) is 0 Å². The van der Waals surface area contributed by atoms with Gasteiger partial charge in [-0.05, 0) is 26.2 Å². The quantitative estimate of drug-likeness (QED) is 0.671. The van der Waals surface area contributed by atoms with E-state index < -0.39 is 20.7 Å². The van der Waals surface area contributed by atoms with Gasteiger partial charge in [0.05, 0.1) is 11.0 Å². The van der Waals surface area contributed by atoms with E-state index >= 15 is 0 Å². The molecule has 2 aliphatic rings. The molecular weight excluding hydrogens is 248 g/mol. The highest BCUT2D eigenvalue weighted by Crippen LogP contribution is 2.46. The Hall–Kier alpha value is -1.04. The summed E-state index contributed by atoms with van der Waals surface area (Å²) in [5.41, 5.74) is -1.37. The molecule has 0 bridgehead atoms. The van der Waals surface area contributed by atoms with Crippen molar-refractivity contribution in [2.45, 2.75) is 37.0 Å². The minimum absolute atomic E-state index is 0.123. The van der Waals surface area contributed by atoms with Crippen molar-refractivity contribution in [2.75, 3.05) is 5.75 Å². The smallest absolute Gasteiger partial charge is 0.373 e. The second-order valence-corrected chi connectivity index (χ2v) is 6.74. The summed E-state index contributed by atoms with van der Waals surface area (Å²) in [5.74, 6) is -0.523. The first-order valence-electron chi connectivity index (χ1n) is 5.24. The van der Waals surface area contributed by atoms with Gasteiger partial charge in [0.25, 0.3) is 0 Å². The Morgan fingerprint density at radius 1 is 1.35 bits per heavy atom. The van der Waals surface area contributed by atoms with Crippen LogP contribution in [0.3, 0.4) is 0 Å². The number of rotatable bonds is 1. The SMILES string of the molecule is CC(=O)[C@@]1(O)CC[C@H]2[C@@H]1CCS2(=O)=O.O=C=O. The van der Waals surface area contributed by atoms with E-state index in [0.29, 0.717) is 19.3 Å². The molecule has 1 saturated heterocycles. The molecule has 0 aromatic heterocycles. The Morgan fingerprint density at radius 3 is 2.35 bits per heavy atom. The summed E-state index contributed by atoms with van der Waals surface area (Å²) in [4.78, 5) is 27.5. The van der Waals surface area contributed by atoms with Crippen molar-refractivity contribution in [3.8, 4) is 0 Å². The molecule has 6 nitrogen and oxygen atoms in total. The van der Waals surface area contributed by atoms with Crippen molar-refractivity contribution in [2.24, 2.45) is 5.92 Å². The van der Waals surface area contributed by atoms with Gasteiger partial charge in [0.1, 0.15) is 5.60 Å². The highest BCUT2D eigenvalue weighted by atomic mass is 32.2. The molecule has 0 aromatic rings. The lowest BCUT2D eigenvalue weighted by molar-refractivity contribution is -0.191. The highest BCUT2D eigenvalue weighted by molar-refractivity contribution is 7.92. The topological polar surface area (TPSA) is 106 Å². The fourth-order valence-corrected chi connectivity index (χ4v) is 5.01. The number of carbonyl (C=O) groups is 1. The van der Waals surface area contributed by atoms with Crippen LogP contribution in [0.4, 0.5) is 0 Å². The zero-order valence-electron chi connectivity index (χ0n) is 9.38. The third-order valence-electron chi connectivity index (χ3n) is 3.66. The third kappa shape index (κ3) is 2.31. The van der Waals surface area contributed by atoms with Crippen LogP contribution >= 0.6 is 0 Å². The molecule has 0 spiro atoms. The van der Waals surface area contributed by atoms with Crippen molar-refractivity contribution in [1.82, 2.24) is 0 Å². The number of carbonyl (C=O) groups excluding carboxylic acids is 3. The van der Waals surface area contributed by atoms with Gasteiger partial charge in [0.2, 0.25) is 0 Å². The van der Waals surface area contributed by atoms with Crippen molar-refractivity contribution < 1.29 is 27.9 Å². The fourth-order valence-electron chi connectivity index (χ4n) is 2.79. The molecular formula is C10H14O6S. The molecule has 1 saturated carbocycles. The molecule has 96 valence electrons. The number of hydrogen-bond acceptors (Lipinski definition) is 6. The van der Waals surface area contributed by atoms with Crippen molar-refractivity contribution >= 4 is 21.8 Å². The van der Waals surface area contributed by atoms with Crippen molar-refractivity contribution in [1.29, 1.82) is 0 Å². The molecule has 1 aliphatic carbocycles. The zero-order chi connectivity index (χ0) is 13.3. The molecule has 0 unspecified atom stereocenters. The van der Waals surface area contributed by atoms with Crippen LogP contribution in [0.1, 0.15) is 26.2 Å². The Labute approximate surface area is 98.9 Å². The van der Waals surface area contributed by atoms with Crippen LogP contribution in [-0.2, 0) is 24.2 Å². The Morgan fingerprint density at radius 2 is 1.88 bits per heavy atom. The monoisotopic (exact) mass is 262 g/mol. The highest BCUT2D eigenvalue weighted by Gasteiger charge is 2.57. The van der Waals surface area contributed by atoms with E-state index in [4.69, 9.17) is 9.59 Å². The molecule has 7 heteroatoms. The first-order chi connectivity index (χ1) is 7.79. The maximum absolute atomic E-state index is 11.5. The average molecular weight is 262 g/mol.